The molecular formula is C11H13N5O2S. The monoisotopic (exact) mass is 279 g/mol. The first-order chi connectivity index (χ1) is 8.99. The Bertz CT molecular complexity index is 674. The van der Waals surface area contributed by atoms with Crippen molar-refractivity contribution >= 4 is 10.0 Å². The van der Waals surface area contributed by atoms with Crippen molar-refractivity contribution in [2.45, 2.75) is 30.2 Å². The van der Waals surface area contributed by atoms with Crippen molar-refractivity contribution in [1.82, 2.24) is 24.9 Å². The number of benzene rings is 1. The van der Waals surface area contributed by atoms with Gasteiger partial charge in [-0.3, -0.25) is 0 Å². The molecule has 1 aromatic carbocycles. The largest absolute Gasteiger partial charge is 0.241 e. The summed E-state index contributed by atoms with van der Waals surface area (Å²) in [6, 6.07) is 6.43. The first kappa shape index (κ1) is 12.2. The predicted molar refractivity (Wildman–Crippen MR) is 67.1 cm³/mol. The molecule has 1 aromatic heterocycles. The fraction of sp³-hybridized carbons (Fsp3) is 0.364. The van der Waals surface area contributed by atoms with Gasteiger partial charge in [0.25, 0.3) is 0 Å². The van der Waals surface area contributed by atoms with E-state index in [-0.39, 0.29) is 10.4 Å². The maximum absolute atomic E-state index is 12.1. The summed E-state index contributed by atoms with van der Waals surface area (Å²) in [5, 5.41) is 10.8. The molecule has 0 spiro atoms. The van der Waals surface area contributed by atoms with Gasteiger partial charge >= 0.3 is 0 Å². The van der Waals surface area contributed by atoms with E-state index in [9.17, 15) is 8.42 Å². The van der Waals surface area contributed by atoms with Crippen molar-refractivity contribution in [3.05, 3.63) is 30.6 Å². The Morgan fingerprint density at radius 1 is 1.26 bits per heavy atom. The predicted octanol–water partition coefficient (Wildman–Crippen LogP) is 0.493. The second-order valence-corrected chi connectivity index (χ2v) is 6.60. The minimum absolute atomic E-state index is 0.248. The van der Waals surface area contributed by atoms with E-state index >= 15 is 0 Å². The average molecular weight is 279 g/mol. The standard InChI is InChI=1S/C11H13N5O2S/c1-11(6-7-11)13-19(17,18)10-4-2-9(3-5-10)16-8-12-14-15-16/h2-5,8,13H,6-7H2,1H3. The fourth-order valence-corrected chi connectivity index (χ4v) is 3.20. The normalized spacial score (nSPS) is 17.3. The molecule has 0 saturated heterocycles. The molecule has 1 fully saturated rings. The summed E-state index contributed by atoms with van der Waals surface area (Å²) in [5.74, 6) is 0. The van der Waals surface area contributed by atoms with Crippen molar-refractivity contribution in [2.24, 2.45) is 0 Å². The number of rotatable bonds is 4. The van der Waals surface area contributed by atoms with E-state index in [0.717, 1.165) is 12.8 Å². The number of sulfonamides is 1. The van der Waals surface area contributed by atoms with Gasteiger partial charge in [0.15, 0.2) is 0 Å². The van der Waals surface area contributed by atoms with Crippen LogP contribution in [0.25, 0.3) is 5.69 Å². The summed E-state index contributed by atoms with van der Waals surface area (Å²) in [6.07, 6.45) is 3.22. The molecule has 0 atom stereocenters. The zero-order chi connectivity index (χ0) is 13.5. The molecule has 1 N–H and O–H groups in total. The Morgan fingerprint density at radius 2 is 1.95 bits per heavy atom. The third-order valence-corrected chi connectivity index (χ3v) is 4.80. The molecule has 100 valence electrons. The summed E-state index contributed by atoms with van der Waals surface area (Å²) in [6.45, 7) is 1.90. The van der Waals surface area contributed by atoms with Gasteiger partial charge in [0.1, 0.15) is 6.33 Å². The van der Waals surface area contributed by atoms with Crippen LogP contribution in [0.15, 0.2) is 35.5 Å². The van der Waals surface area contributed by atoms with Crippen molar-refractivity contribution in [1.29, 1.82) is 0 Å². The number of tetrazole rings is 1. The summed E-state index contributed by atoms with van der Waals surface area (Å²) in [4.78, 5) is 0.248. The van der Waals surface area contributed by atoms with Crippen molar-refractivity contribution < 1.29 is 8.42 Å². The highest BCUT2D eigenvalue weighted by Crippen LogP contribution is 2.35. The van der Waals surface area contributed by atoms with Gasteiger partial charge in [-0.1, -0.05) is 0 Å². The summed E-state index contributed by atoms with van der Waals surface area (Å²) in [7, 11) is -3.45. The molecule has 1 saturated carbocycles. The van der Waals surface area contributed by atoms with Gasteiger partial charge in [-0.15, -0.1) is 5.10 Å². The number of aromatic nitrogens is 4. The highest BCUT2D eigenvalue weighted by atomic mass is 32.2. The second kappa shape index (κ2) is 4.10. The fourth-order valence-electron chi connectivity index (χ4n) is 1.73. The molecular weight excluding hydrogens is 266 g/mol. The lowest BCUT2D eigenvalue weighted by Gasteiger charge is -2.12. The molecule has 0 radical (unpaired) electrons. The highest BCUT2D eigenvalue weighted by molar-refractivity contribution is 7.89. The molecule has 2 aromatic rings. The van der Waals surface area contributed by atoms with Crippen LogP contribution in [0.4, 0.5) is 0 Å². The summed E-state index contributed by atoms with van der Waals surface area (Å²) in [5.41, 5.74) is 0.439. The van der Waals surface area contributed by atoms with Gasteiger partial charge in [-0.25, -0.2) is 17.8 Å². The third kappa shape index (κ3) is 2.49. The smallest absolute Gasteiger partial charge is 0.207 e. The zero-order valence-electron chi connectivity index (χ0n) is 10.3. The Kier molecular flexibility index (Phi) is 2.64. The molecule has 3 rings (SSSR count). The molecule has 1 aliphatic rings. The molecule has 19 heavy (non-hydrogen) atoms. The van der Waals surface area contributed by atoms with Crippen molar-refractivity contribution in [2.75, 3.05) is 0 Å². The van der Waals surface area contributed by atoms with Crippen molar-refractivity contribution in [3.8, 4) is 5.69 Å². The molecule has 8 heteroatoms. The topological polar surface area (TPSA) is 89.8 Å². The van der Waals surface area contributed by atoms with E-state index < -0.39 is 10.0 Å². The second-order valence-electron chi connectivity index (χ2n) is 4.91. The third-order valence-electron chi connectivity index (χ3n) is 3.14. The van der Waals surface area contributed by atoms with Crippen LogP contribution in [0, 0.1) is 0 Å². The summed E-state index contributed by atoms with van der Waals surface area (Å²) >= 11 is 0. The maximum atomic E-state index is 12.1. The lowest BCUT2D eigenvalue weighted by atomic mass is 10.3. The van der Waals surface area contributed by atoms with Crippen LogP contribution in [0.2, 0.25) is 0 Å². The van der Waals surface area contributed by atoms with E-state index in [1.54, 1.807) is 24.3 Å². The molecule has 0 amide bonds. The summed E-state index contributed by atoms with van der Waals surface area (Å²) < 4.78 is 28.4. The Labute approximate surface area is 110 Å². The minimum Gasteiger partial charge on any atom is -0.207 e. The van der Waals surface area contributed by atoms with Gasteiger partial charge in [0.05, 0.1) is 10.6 Å². The maximum Gasteiger partial charge on any atom is 0.241 e. The number of hydrogen-bond donors (Lipinski definition) is 1. The van der Waals surface area contributed by atoms with Crippen LogP contribution in [-0.4, -0.2) is 34.2 Å². The van der Waals surface area contributed by atoms with Gasteiger partial charge in [0, 0.05) is 5.54 Å². The van der Waals surface area contributed by atoms with Crippen LogP contribution < -0.4 is 4.72 Å². The molecule has 0 unspecified atom stereocenters. The first-order valence-corrected chi connectivity index (χ1v) is 7.34. The van der Waals surface area contributed by atoms with Gasteiger partial charge < -0.3 is 0 Å². The first-order valence-electron chi connectivity index (χ1n) is 5.86. The number of nitrogens with zero attached hydrogens (tertiary/aromatic N) is 4. The van der Waals surface area contributed by atoms with Gasteiger partial charge in [-0.05, 0) is 54.5 Å². The number of nitrogens with one attached hydrogen (secondary N) is 1. The lowest BCUT2D eigenvalue weighted by molar-refractivity contribution is 0.558. The van der Waals surface area contributed by atoms with Crippen LogP contribution >= 0.6 is 0 Å². The van der Waals surface area contributed by atoms with Gasteiger partial charge in [0.2, 0.25) is 10.0 Å². The van der Waals surface area contributed by atoms with E-state index in [1.165, 1.54) is 11.0 Å². The highest BCUT2D eigenvalue weighted by Gasteiger charge is 2.41. The molecule has 0 bridgehead atoms. The van der Waals surface area contributed by atoms with Crippen LogP contribution in [-0.2, 0) is 10.0 Å². The molecule has 0 aliphatic heterocycles. The minimum atomic E-state index is -3.45. The van der Waals surface area contributed by atoms with Gasteiger partial charge in [-0.2, -0.15) is 0 Å². The van der Waals surface area contributed by atoms with E-state index in [0.29, 0.717) is 5.69 Å². The number of hydrogen-bond acceptors (Lipinski definition) is 5. The Hall–Kier alpha value is -1.80. The molecule has 1 heterocycles. The quantitative estimate of drug-likeness (QED) is 0.880. The van der Waals surface area contributed by atoms with Crippen LogP contribution in [0.3, 0.4) is 0 Å². The van der Waals surface area contributed by atoms with Crippen LogP contribution in [0.1, 0.15) is 19.8 Å². The molecule has 7 nitrogen and oxygen atoms in total. The zero-order valence-corrected chi connectivity index (χ0v) is 11.1. The Balaban J connectivity index is 1.86. The van der Waals surface area contributed by atoms with Crippen molar-refractivity contribution in [3.63, 3.8) is 0 Å². The lowest BCUT2D eigenvalue weighted by Crippen LogP contribution is -2.34. The molecule has 1 aliphatic carbocycles. The van der Waals surface area contributed by atoms with Crippen LogP contribution in [0.5, 0.6) is 0 Å². The SMILES string of the molecule is CC1(NS(=O)(=O)c2ccc(-n3cnnn3)cc2)CC1. The van der Waals surface area contributed by atoms with E-state index in [1.807, 2.05) is 6.92 Å². The van der Waals surface area contributed by atoms with E-state index in [4.69, 9.17) is 0 Å². The van der Waals surface area contributed by atoms with E-state index in [2.05, 4.69) is 20.2 Å². The Morgan fingerprint density at radius 3 is 2.47 bits per heavy atom. The average Bonchev–Trinajstić information content (AvgIpc) is 2.90.